The molecule has 1 rings (SSSR count). The van der Waals surface area contributed by atoms with Crippen LogP contribution in [0, 0.1) is 5.41 Å². The Balaban J connectivity index is 1.94. The molecule has 0 fully saturated rings. The molecular weight excluding hydrogens is 270 g/mol. The fourth-order valence-electron chi connectivity index (χ4n) is 3.03. The van der Waals surface area contributed by atoms with E-state index in [2.05, 4.69) is 32.7 Å². The van der Waals surface area contributed by atoms with E-state index in [0.29, 0.717) is 5.88 Å². The number of rotatable bonds is 13. The van der Waals surface area contributed by atoms with Gasteiger partial charge in [-0.2, -0.15) is 0 Å². The van der Waals surface area contributed by atoms with Crippen LogP contribution in [0.5, 0.6) is 0 Å². The molecule has 0 aromatic heterocycles. The van der Waals surface area contributed by atoms with E-state index >= 15 is 0 Å². The Labute approximate surface area is 138 Å². The smallest absolute Gasteiger partial charge is 0.189 e. The summed E-state index contributed by atoms with van der Waals surface area (Å²) in [5, 5.41) is 3.04. The van der Waals surface area contributed by atoms with E-state index in [0.717, 1.165) is 5.76 Å². The van der Waals surface area contributed by atoms with E-state index in [9.17, 15) is 0 Å². The summed E-state index contributed by atoms with van der Waals surface area (Å²) >= 11 is 0. The molecule has 2 heteroatoms. The molecule has 0 unspecified atom stereocenters. The van der Waals surface area contributed by atoms with Crippen LogP contribution in [-0.2, 0) is 4.74 Å². The van der Waals surface area contributed by atoms with E-state index in [4.69, 9.17) is 4.74 Å². The van der Waals surface area contributed by atoms with Gasteiger partial charge in [-0.05, 0) is 13.0 Å². The summed E-state index contributed by atoms with van der Waals surface area (Å²) < 4.78 is 5.63. The van der Waals surface area contributed by atoms with Gasteiger partial charge >= 0.3 is 0 Å². The summed E-state index contributed by atoms with van der Waals surface area (Å²) in [6.07, 6.45) is 18.5. The maximum absolute atomic E-state index is 5.63. The van der Waals surface area contributed by atoms with Crippen LogP contribution in [0.4, 0.5) is 0 Å². The molecule has 0 aliphatic carbocycles. The predicted molar refractivity (Wildman–Crippen MR) is 96.3 cm³/mol. The van der Waals surface area contributed by atoms with Gasteiger partial charge in [-0.15, -0.1) is 0 Å². The summed E-state index contributed by atoms with van der Waals surface area (Å²) in [5.74, 6) is 1.69. The molecule has 0 aromatic rings. The highest BCUT2D eigenvalue weighted by Crippen LogP contribution is 2.35. The van der Waals surface area contributed by atoms with Gasteiger partial charge in [-0.25, -0.2) is 0 Å². The standard InChI is InChI=1S/C20H37NO/c1-5-6-7-8-9-10-11-12-13-14-15-16-20(3,4)19-17-21-18(2)22-19/h17,21H,2,5-16H2,1,3-4H3. The largest absolute Gasteiger partial charge is 0.444 e. The third-order valence-electron chi connectivity index (χ3n) is 4.67. The van der Waals surface area contributed by atoms with Gasteiger partial charge in [0.2, 0.25) is 0 Å². The van der Waals surface area contributed by atoms with Crippen LogP contribution in [0.1, 0.15) is 97.8 Å². The molecule has 0 atom stereocenters. The van der Waals surface area contributed by atoms with Crippen LogP contribution < -0.4 is 5.32 Å². The molecule has 1 heterocycles. The third kappa shape index (κ3) is 7.91. The molecule has 0 saturated heterocycles. The maximum atomic E-state index is 5.63. The Morgan fingerprint density at radius 3 is 1.86 bits per heavy atom. The van der Waals surface area contributed by atoms with Crippen molar-refractivity contribution in [1.29, 1.82) is 0 Å². The highest BCUT2D eigenvalue weighted by atomic mass is 16.5. The number of allylic oxidation sites excluding steroid dienone is 1. The second-order valence-electron chi connectivity index (χ2n) is 7.35. The van der Waals surface area contributed by atoms with Crippen LogP contribution in [0.3, 0.4) is 0 Å². The SMILES string of the molecule is C=C1NC=C(C(C)(C)CCCCCCCCCCCCC)O1. The van der Waals surface area contributed by atoms with Crippen molar-refractivity contribution in [2.45, 2.75) is 97.8 Å². The van der Waals surface area contributed by atoms with Gasteiger partial charge in [0.1, 0.15) is 5.76 Å². The van der Waals surface area contributed by atoms with Crippen molar-refractivity contribution in [1.82, 2.24) is 5.32 Å². The quantitative estimate of drug-likeness (QED) is 0.385. The van der Waals surface area contributed by atoms with Crippen LogP contribution in [0.25, 0.3) is 0 Å². The lowest BCUT2D eigenvalue weighted by atomic mass is 9.85. The molecule has 0 amide bonds. The van der Waals surface area contributed by atoms with Crippen molar-refractivity contribution in [3.05, 3.63) is 24.4 Å². The molecule has 1 N–H and O–H groups in total. The van der Waals surface area contributed by atoms with Gasteiger partial charge in [0.15, 0.2) is 5.88 Å². The monoisotopic (exact) mass is 307 g/mol. The minimum absolute atomic E-state index is 0.117. The highest BCUT2D eigenvalue weighted by Gasteiger charge is 2.28. The van der Waals surface area contributed by atoms with E-state index in [1.807, 2.05) is 6.20 Å². The lowest BCUT2D eigenvalue weighted by molar-refractivity contribution is 0.204. The van der Waals surface area contributed by atoms with Crippen LogP contribution in [-0.4, -0.2) is 0 Å². The third-order valence-corrected chi connectivity index (χ3v) is 4.67. The molecule has 2 nitrogen and oxygen atoms in total. The van der Waals surface area contributed by atoms with Gasteiger partial charge in [0.05, 0.1) is 0 Å². The van der Waals surface area contributed by atoms with Crippen molar-refractivity contribution < 1.29 is 4.74 Å². The molecule has 0 saturated carbocycles. The van der Waals surface area contributed by atoms with Gasteiger partial charge in [0.25, 0.3) is 0 Å². The Morgan fingerprint density at radius 2 is 1.41 bits per heavy atom. The van der Waals surface area contributed by atoms with E-state index in [-0.39, 0.29) is 5.41 Å². The number of hydrogen-bond donors (Lipinski definition) is 1. The molecular formula is C20H37NO. The van der Waals surface area contributed by atoms with Crippen LogP contribution >= 0.6 is 0 Å². The fraction of sp³-hybridized carbons (Fsp3) is 0.800. The van der Waals surface area contributed by atoms with Gasteiger partial charge in [-0.3, -0.25) is 0 Å². The number of unbranched alkanes of at least 4 members (excludes halogenated alkanes) is 10. The first-order valence-electron chi connectivity index (χ1n) is 9.40. The van der Waals surface area contributed by atoms with Crippen LogP contribution in [0.15, 0.2) is 24.4 Å². The Morgan fingerprint density at radius 1 is 0.909 bits per heavy atom. The minimum atomic E-state index is 0.117. The Kier molecular flexibility index (Phi) is 9.34. The molecule has 0 radical (unpaired) electrons. The summed E-state index contributed by atoms with van der Waals surface area (Å²) in [7, 11) is 0. The predicted octanol–water partition coefficient (Wildman–Crippen LogP) is 6.65. The van der Waals surface area contributed by atoms with Gasteiger partial charge < -0.3 is 10.1 Å². The normalized spacial score (nSPS) is 14.7. The Bertz CT molecular complexity index is 344. The van der Waals surface area contributed by atoms with Gasteiger partial charge in [0, 0.05) is 11.6 Å². The second-order valence-corrected chi connectivity index (χ2v) is 7.35. The molecule has 0 bridgehead atoms. The van der Waals surface area contributed by atoms with Crippen molar-refractivity contribution in [2.75, 3.05) is 0 Å². The zero-order valence-electron chi connectivity index (χ0n) is 15.2. The number of nitrogens with one attached hydrogen (secondary N) is 1. The topological polar surface area (TPSA) is 21.3 Å². The first-order chi connectivity index (χ1) is 10.6. The first kappa shape index (κ1) is 19.1. The Hall–Kier alpha value is -0.920. The zero-order chi connectivity index (χ0) is 16.3. The average molecular weight is 308 g/mol. The molecule has 1 aliphatic rings. The number of ether oxygens (including phenoxy) is 1. The molecule has 128 valence electrons. The summed E-state index contributed by atoms with van der Waals surface area (Å²) in [4.78, 5) is 0. The highest BCUT2D eigenvalue weighted by molar-refractivity contribution is 5.14. The number of hydrogen-bond acceptors (Lipinski definition) is 2. The van der Waals surface area contributed by atoms with E-state index in [1.165, 1.54) is 77.0 Å². The molecule has 22 heavy (non-hydrogen) atoms. The first-order valence-corrected chi connectivity index (χ1v) is 9.40. The summed E-state index contributed by atoms with van der Waals surface area (Å²) in [6, 6.07) is 0. The fourth-order valence-corrected chi connectivity index (χ4v) is 3.03. The van der Waals surface area contributed by atoms with Crippen LogP contribution in [0.2, 0.25) is 0 Å². The zero-order valence-corrected chi connectivity index (χ0v) is 15.2. The average Bonchev–Trinajstić information content (AvgIpc) is 2.92. The molecule has 0 aromatic carbocycles. The second kappa shape index (κ2) is 10.7. The van der Waals surface area contributed by atoms with E-state index in [1.54, 1.807) is 0 Å². The lowest BCUT2D eigenvalue weighted by Gasteiger charge is -2.24. The molecule has 0 spiro atoms. The van der Waals surface area contributed by atoms with Crippen molar-refractivity contribution in [2.24, 2.45) is 5.41 Å². The molecule has 1 aliphatic heterocycles. The van der Waals surface area contributed by atoms with Crippen molar-refractivity contribution >= 4 is 0 Å². The van der Waals surface area contributed by atoms with E-state index < -0.39 is 0 Å². The maximum Gasteiger partial charge on any atom is 0.189 e. The van der Waals surface area contributed by atoms with Gasteiger partial charge in [-0.1, -0.05) is 91.4 Å². The summed E-state index contributed by atoms with van der Waals surface area (Å²) in [6.45, 7) is 10.6. The lowest BCUT2D eigenvalue weighted by Crippen LogP contribution is -2.14. The summed E-state index contributed by atoms with van der Waals surface area (Å²) in [5.41, 5.74) is 0.117. The van der Waals surface area contributed by atoms with Crippen molar-refractivity contribution in [3.8, 4) is 0 Å². The minimum Gasteiger partial charge on any atom is -0.444 e. The van der Waals surface area contributed by atoms with Crippen molar-refractivity contribution in [3.63, 3.8) is 0 Å².